The number of aliphatic hydroxyl groups excluding tert-OH is 1. The van der Waals surface area contributed by atoms with Crippen LogP contribution in [0.5, 0.6) is 16.7 Å². The number of amides is 1. The number of nitrogens with zero attached hydrogens (tertiary/aromatic N) is 1. The molecule has 1 aromatic heterocycles. The van der Waals surface area contributed by atoms with E-state index in [1.165, 1.54) is 18.3 Å². The highest BCUT2D eigenvalue weighted by Crippen LogP contribution is 2.31. The number of benzene rings is 1. The van der Waals surface area contributed by atoms with Crippen molar-refractivity contribution in [2.45, 2.75) is 40.3 Å². The molecule has 7 heteroatoms. The number of carbonyl (C=O) groups is 1. The Morgan fingerprint density at radius 2 is 2.15 bits per heavy atom. The molecule has 2 aromatic rings. The third-order valence-electron chi connectivity index (χ3n) is 3.30. The predicted octanol–water partition coefficient (Wildman–Crippen LogP) is 3.34. The molecule has 0 aliphatic rings. The largest absolute Gasteiger partial charge is 0.493 e. The van der Waals surface area contributed by atoms with Crippen LogP contribution in [0.4, 0.5) is 0 Å². The minimum atomic E-state index is -0.242. The number of nitrogens with one attached hydrogen (secondary N) is 1. The maximum atomic E-state index is 11.0. The monoisotopic (exact) mass is 388 g/mol. The highest BCUT2D eigenvalue weighted by Gasteiger charge is 2.10. The Labute approximate surface area is 163 Å². The number of hydrogen-bond acceptors (Lipinski definition) is 6. The Kier molecular flexibility index (Phi) is 7.65. The molecule has 0 radical (unpaired) electrons. The molecule has 1 aromatic carbocycles. The van der Waals surface area contributed by atoms with Gasteiger partial charge in [0, 0.05) is 12.5 Å². The van der Waals surface area contributed by atoms with Crippen molar-refractivity contribution in [3.63, 3.8) is 0 Å². The smallest absolute Gasteiger partial charge is 0.279 e. The third-order valence-corrected chi connectivity index (χ3v) is 4.09. The first-order valence-electron chi connectivity index (χ1n) is 8.66. The number of aliphatic hydroxyl groups is 1. The summed E-state index contributed by atoms with van der Waals surface area (Å²) in [7, 11) is 0. The Bertz CT molecular complexity index is 836. The summed E-state index contributed by atoms with van der Waals surface area (Å²) in [5.41, 5.74) is 0.623. The van der Waals surface area contributed by atoms with Gasteiger partial charge in [-0.3, -0.25) is 4.79 Å². The Balaban J connectivity index is 2.06. The zero-order valence-corrected chi connectivity index (χ0v) is 16.7. The van der Waals surface area contributed by atoms with Gasteiger partial charge in [0.25, 0.3) is 5.19 Å². The van der Waals surface area contributed by atoms with E-state index in [9.17, 15) is 9.90 Å². The summed E-state index contributed by atoms with van der Waals surface area (Å²) in [6.45, 7) is 7.85. The first-order chi connectivity index (χ1) is 12.9. The van der Waals surface area contributed by atoms with E-state index in [4.69, 9.17) is 9.47 Å². The van der Waals surface area contributed by atoms with Crippen LogP contribution in [-0.4, -0.2) is 28.6 Å². The number of rotatable bonds is 7. The molecule has 2 N–H and O–H groups in total. The molecule has 0 spiro atoms. The van der Waals surface area contributed by atoms with Crippen molar-refractivity contribution in [2.75, 3.05) is 6.61 Å². The maximum Gasteiger partial charge on any atom is 0.279 e. The highest BCUT2D eigenvalue weighted by molar-refractivity contribution is 7.13. The maximum absolute atomic E-state index is 11.0. The molecular formula is C20H24N2O4S. The number of hydrogen-bond donors (Lipinski definition) is 2. The quantitative estimate of drug-likeness (QED) is 0.711. The third kappa shape index (κ3) is 6.93. The fraction of sp³-hybridized carbons (Fsp3) is 0.400. The van der Waals surface area contributed by atoms with Crippen molar-refractivity contribution in [1.29, 1.82) is 0 Å². The van der Waals surface area contributed by atoms with Gasteiger partial charge in [-0.05, 0) is 31.0 Å². The van der Waals surface area contributed by atoms with Gasteiger partial charge in [0.1, 0.15) is 16.4 Å². The lowest BCUT2D eigenvalue weighted by molar-refractivity contribution is -0.119. The van der Waals surface area contributed by atoms with Crippen LogP contribution in [0.1, 0.15) is 38.1 Å². The van der Waals surface area contributed by atoms with E-state index in [-0.39, 0.29) is 18.6 Å². The molecule has 1 amide bonds. The molecule has 0 aliphatic heterocycles. The molecular weight excluding hydrogens is 364 g/mol. The average Bonchev–Trinajstić information content (AvgIpc) is 3.06. The van der Waals surface area contributed by atoms with E-state index >= 15 is 0 Å². The van der Waals surface area contributed by atoms with Crippen molar-refractivity contribution in [1.82, 2.24) is 10.3 Å². The van der Waals surface area contributed by atoms with Gasteiger partial charge in [0.2, 0.25) is 5.91 Å². The molecule has 0 saturated heterocycles. The summed E-state index contributed by atoms with van der Waals surface area (Å²) in [4.78, 5) is 15.9. The molecule has 0 fully saturated rings. The van der Waals surface area contributed by atoms with Crippen molar-refractivity contribution >= 4 is 17.2 Å². The van der Waals surface area contributed by atoms with E-state index in [0.717, 1.165) is 4.88 Å². The summed E-state index contributed by atoms with van der Waals surface area (Å²) < 4.78 is 11.5. The molecule has 1 unspecified atom stereocenters. The van der Waals surface area contributed by atoms with Crippen molar-refractivity contribution < 1.29 is 19.4 Å². The summed E-state index contributed by atoms with van der Waals surface area (Å²) in [5, 5.41) is 12.7. The zero-order valence-electron chi connectivity index (χ0n) is 15.9. The van der Waals surface area contributed by atoms with E-state index in [2.05, 4.69) is 36.0 Å². The molecule has 6 nitrogen and oxygen atoms in total. The van der Waals surface area contributed by atoms with Crippen molar-refractivity contribution in [3.05, 3.63) is 34.8 Å². The number of thiazole rings is 1. The number of ether oxygens (including phenoxy) is 2. The van der Waals surface area contributed by atoms with Crippen LogP contribution < -0.4 is 14.8 Å². The second-order valence-electron chi connectivity index (χ2n) is 6.42. The fourth-order valence-electron chi connectivity index (χ4n) is 2.11. The summed E-state index contributed by atoms with van der Waals surface area (Å²) in [5.74, 6) is 7.41. The Hall–Kier alpha value is -2.56. The minimum absolute atomic E-state index is 0.123. The topological polar surface area (TPSA) is 80.7 Å². The van der Waals surface area contributed by atoms with Crippen LogP contribution in [0.25, 0.3) is 0 Å². The lowest BCUT2D eigenvalue weighted by atomic mass is 10.2. The first kappa shape index (κ1) is 20.7. The van der Waals surface area contributed by atoms with Gasteiger partial charge in [-0.25, -0.2) is 4.98 Å². The predicted molar refractivity (Wildman–Crippen MR) is 105 cm³/mol. The van der Waals surface area contributed by atoms with Gasteiger partial charge in [-0.1, -0.05) is 37.0 Å². The Morgan fingerprint density at radius 1 is 1.37 bits per heavy atom. The van der Waals surface area contributed by atoms with Gasteiger partial charge in [0.05, 0.1) is 25.5 Å². The molecule has 144 valence electrons. The van der Waals surface area contributed by atoms with Crippen molar-refractivity contribution in [3.8, 4) is 28.5 Å². The molecule has 27 heavy (non-hydrogen) atoms. The molecule has 1 heterocycles. The summed E-state index contributed by atoms with van der Waals surface area (Å²) in [6, 6.07) is 5.09. The van der Waals surface area contributed by atoms with Gasteiger partial charge >= 0.3 is 0 Å². The van der Waals surface area contributed by atoms with E-state index in [1.54, 1.807) is 24.4 Å². The standard InChI is InChI=1S/C20H24N2O4S/c1-13(2)12-25-17-6-8-19(16(9-17)11-23)26-20-21-10-18(27-20)7-5-14(3)22-15(4)24/h6,8-10,13-14,23H,11-12H2,1-4H3,(H,22,24). The van der Waals surface area contributed by atoms with Gasteiger partial charge in [0.15, 0.2) is 0 Å². The average molecular weight is 388 g/mol. The SMILES string of the molecule is CC(=O)NC(C)C#Cc1cnc(Oc2ccc(OCC(C)C)cc2CO)s1. The van der Waals surface area contributed by atoms with Crippen LogP contribution in [0.15, 0.2) is 24.4 Å². The first-order valence-corrected chi connectivity index (χ1v) is 9.48. The van der Waals surface area contributed by atoms with Gasteiger partial charge in [-0.2, -0.15) is 0 Å². The zero-order chi connectivity index (χ0) is 19.8. The van der Waals surface area contributed by atoms with Crippen LogP contribution in [0.3, 0.4) is 0 Å². The molecule has 0 aliphatic carbocycles. The minimum Gasteiger partial charge on any atom is -0.493 e. The summed E-state index contributed by atoms with van der Waals surface area (Å²) in [6.07, 6.45) is 1.62. The van der Waals surface area contributed by atoms with E-state index in [0.29, 0.717) is 34.8 Å². The summed E-state index contributed by atoms with van der Waals surface area (Å²) >= 11 is 1.29. The molecule has 1 atom stereocenters. The van der Waals surface area contributed by atoms with E-state index in [1.807, 2.05) is 6.92 Å². The van der Waals surface area contributed by atoms with E-state index < -0.39 is 0 Å². The highest BCUT2D eigenvalue weighted by atomic mass is 32.1. The van der Waals surface area contributed by atoms with Crippen LogP contribution in [-0.2, 0) is 11.4 Å². The van der Waals surface area contributed by atoms with Gasteiger partial charge in [-0.15, -0.1) is 0 Å². The van der Waals surface area contributed by atoms with Crippen molar-refractivity contribution in [2.24, 2.45) is 5.92 Å². The van der Waals surface area contributed by atoms with Crippen LogP contribution >= 0.6 is 11.3 Å². The number of aromatic nitrogens is 1. The van der Waals surface area contributed by atoms with Gasteiger partial charge < -0.3 is 19.9 Å². The van der Waals surface area contributed by atoms with Crippen LogP contribution in [0, 0.1) is 17.8 Å². The molecule has 2 rings (SSSR count). The molecule has 0 bridgehead atoms. The molecule has 0 saturated carbocycles. The Morgan fingerprint density at radius 3 is 2.81 bits per heavy atom. The lowest BCUT2D eigenvalue weighted by Gasteiger charge is -2.12. The normalized spacial score (nSPS) is 11.5. The fourth-order valence-corrected chi connectivity index (χ4v) is 2.75. The second-order valence-corrected chi connectivity index (χ2v) is 7.41. The van der Waals surface area contributed by atoms with Crippen LogP contribution in [0.2, 0.25) is 0 Å². The second kappa shape index (κ2) is 9.95. The lowest BCUT2D eigenvalue weighted by Crippen LogP contribution is -2.28. The number of carbonyl (C=O) groups excluding carboxylic acids is 1.